The summed E-state index contributed by atoms with van der Waals surface area (Å²) in [6, 6.07) is 8.20. The highest BCUT2D eigenvalue weighted by Gasteiger charge is 2.25. The molecule has 0 bridgehead atoms. The second-order valence-electron chi connectivity index (χ2n) is 5.31. The first-order valence-electron chi connectivity index (χ1n) is 5.98. The van der Waals surface area contributed by atoms with E-state index in [0.29, 0.717) is 0 Å². The lowest BCUT2D eigenvalue weighted by Gasteiger charge is -2.35. The third kappa shape index (κ3) is 3.37. The number of rotatable bonds is 5. The minimum Gasteiger partial charge on any atom is -0.495 e. The average molecular weight is 236 g/mol. The Labute approximate surface area is 105 Å². The van der Waals surface area contributed by atoms with Crippen LogP contribution < -0.4 is 15.4 Å². The van der Waals surface area contributed by atoms with Crippen LogP contribution in [0.5, 0.6) is 5.75 Å². The smallest absolute Gasteiger partial charge is 0.142 e. The molecule has 0 radical (unpaired) electrons. The van der Waals surface area contributed by atoms with Crippen LogP contribution in [0.25, 0.3) is 0 Å². The van der Waals surface area contributed by atoms with Crippen LogP contribution in [0.15, 0.2) is 24.3 Å². The number of hydrogen-bond acceptors (Lipinski definition) is 3. The summed E-state index contributed by atoms with van der Waals surface area (Å²) in [5.41, 5.74) is 7.17. The van der Waals surface area contributed by atoms with Crippen molar-refractivity contribution in [3.05, 3.63) is 24.3 Å². The first-order chi connectivity index (χ1) is 7.88. The van der Waals surface area contributed by atoms with Crippen molar-refractivity contribution in [3.8, 4) is 5.75 Å². The third-order valence-corrected chi connectivity index (χ3v) is 3.37. The minimum atomic E-state index is 0.0651. The number of anilines is 1. The van der Waals surface area contributed by atoms with Gasteiger partial charge in [0.25, 0.3) is 0 Å². The molecular weight excluding hydrogens is 212 g/mol. The minimum absolute atomic E-state index is 0.0651. The molecule has 1 unspecified atom stereocenters. The van der Waals surface area contributed by atoms with Crippen LogP contribution in [0.3, 0.4) is 0 Å². The second-order valence-corrected chi connectivity index (χ2v) is 5.31. The summed E-state index contributed by atoms with van der Waals surface area (Å²) in [5.74, 6) is 0.899. The van der Waals surface area contributed by atoms with E-state index < -0.39 is 0 Å². The number of ether oxygens (including phenoxy) is 1. The quantitative estimate of drug-likeness (QED) is 0.853. The molecule has 0 amide bonds. The summed E-state index contributed by atoms with van der Waals surface area (Å²) in [6.07, 6.45) is 0. The summed E-state index contributed by atoms with van der Waals surface area (Å²) < 4.78 is 5.37. The van der Waals surface area contributed by atoms with Gasteiger partial charge < -0.3 is 15.4 Å². The molecule has 0 aromatic heterocycles. The van der Waals surface area contributed by atoms with E-state index in [1.807, 2.05) is 18.2 Å². The Morgan fingerprint density at radius 2 is 1.94 bits per heavy atom. The van der Waals surface area contributed by atoms with Crippen molar-refractivity contribution in [2.45, 2.75) is 26.8 Å². The molecule has 1 atom stereocenters. The van der Waals surface area contributed by atoms with Crippen LogP contribution in [0.4, 0.5) is 5.69 Å². The predicted octanol–water partition coefficient (Wildman–Crippen LogP) is 2.50. The highest BCUT2D eigenvalue weighted by molar-refractivity contribution is 5.57. The number of benzene rings is 1. The maximum atomic E-state index is 6.01. The molecule has 0 fully saturated rings. The molecule has 0 heterocycles. The van der Waals surface area contributed by atoms with Crippen LogP contribution in [0.2, 0.25) is 0 Å². The highest BCUT2D eigenvalue weighted by atomic mass is 16.5. The van der Waals surface area contributed by atoms with Crippen LogP contribution in [0, 0.1) is 5.41 Å². The van der Waals surface area contributed by atoms with Gasteiger partial charge in [0.05, 0.1) is 12.8 Å². The predicted molar refractivity (Wildman–Crippen MR) is 73.7 cm³/mol. The van der Waals surface area contributed by atoms with E-state index >= 15 is 0 Å². The molecule has 0 saturated heterocycles. The van der Waals surface area contributed by atoms with Crippen molar-refractivity contribution in [3.63, 3.8) is 0 Å². The van der Waals surface area contributed by atoms with Crippen LogP contribution in [0.1, 0.15) is 20.8 Å². The van der Waals surface area contributed by atoms with Gasteiger partial charge in [-0.2, -0.15) is 0 Å². The summed E-state index contributed by atoms with van der Waals surface area (Å²) in [6.45, 7) is 7.31. The summed E-state index contributed by atoms with van der Waals surface area (Å²) >= 11 is 0. The topological polar surface area (TPSA) is 38.5 Å². The van der Waals surface area contributed by atoms with Gasteiger partial charge in [0.15, 0.2) is 0 Å². The van der Waals surface area contributed by atoms with E-state index in [-0.39, 0.29) is 11.5 Å². The van der Waals surface area contributed by atoms with E-state index in [0.717, 1.165) is 18.0 Å². The molecule has 17 heavy (non-hydrogen) atoms. The van der Waals surface area contributed by atoms with Crippen molar-refractivity contribution < 1.29 is 4.74 Å². The van der Waals surface area contributed by atoms with Gasteiger partial charge in [-0.1, -0.05) is 26.0 Å². The van der Waals surface area contributed by atoms with Crippen molar-refractivity contribution in [2.75, 3.05) is 25.6 Å². The Morgan fingerprint density at radius 3 is 2.47 bits per heavy atom. The van der Waals surface area contributed by atoms with Gasteiger partial charge >= 0.3 is 0 Å². The summed E-state index contributed by atoms with van der Waals surface area (Å²) in [5, 5.41) is 0. The molecule has 3 nitrogen and oxygen atoms in total. The fourth-order valence-electron chi connectivity index (χ4n) is 1.79. The van der Waals surface area contributed by atoms with Crippen molar-refractivity contribution in [2.24, 2.45) is 11.1 Å². The van der Waals surface area contributed by atoms with Crippen LogP contribution in [-0.2, 0) is 0 Å². The lowest BCUT2D eigenvalue weighted by atomic mass is 9.85. The summed E-state index contributed by atoms with van der Waals surface area (Å²) in [4.78, 5) is 2.20. The third-order valence-electron chi connectivity index (χ3n) is 3.37. The van der Waals surface area contributed by atoms with Crippen molar-refractivity contribution in [1.82, 2.24) is 0 Å². The zero-order valence-corrected chi connectivity index (χ0v) is 11.5. The van der Waals surface area contributed by atoms with Gasteiger partial charge in [-0.05, 0) is 24.5 Å². The average Bonchev–Trinajstić information content (AvgIpc) is 2.28. The number of para-hydroxylation sites is 2. The number of nitrogens with two attached hydrogens (primary N) is 1. The Hall–Kier alpha value is -1.22. The molecule has 96 valence electrons. The molecule has 1 aromatic carbocycles. The molecule has 1 rings (SSSR count). The SMILES string of the molecule is COc1ccccc1N(C)CC(C)(C)C(C)N. The summed E-state index contributed by atoms with van der Waals surface area (Å²) in [7, 11) is 3.77. The fraction of sp³-hybridized carbons (Fsp3) is 0.571. The van der Waals surface area contributed by atoms with Gasteiger partial charge in [0.1, 0.15) is 5.75 Å². The van der Waals surface area contributed by atoms with Gasteiger partial charge in [-0.25, -0.2) is 0 Å². The first kappa shape index (κ1) is 13.8. The number of hydrogen-bond donors (Lipinski definition) is 1. The lowest BCUT2D eigenvalue weighted by Crippen LogP contribution is -2.43. The number of nitrogens with zero attached hydrogens (tertiary/aromatic N) is 1. The molecule has 0 aliphatic rings. The Balaban J connectivity index is 2.86. The fourth-order valence-corrected chi connectivity index (χ4v) is 1.79. The van der Waals surface area contributed by atoms with E-state index in [4.69, 9.17) is 10.5 Å². The van der Waals surface area contributed by atoms with E-state index in [2.05, 4.69) is 38.8 Å². The van der Waals surface area contributed by atoms with Gasteiger partial charge in [-0.3, -0.25) is 0 Å². The molecule has 0 saturated carbocycles. The Morgan fingerprint density at radius 1 is 1.35 bits per heavy atom. The van der Waals surface area contributed by atoms with Gasteiger partial charge in [0.2, 0.25) is 0 Å². The maximum absolute atomic E-state index is 6.01. The van der Waals surface area contributed by atoms with Gasteiger partial charge in [-0.15, -0.1) is 0 Å². The molecule has 1 aromatic rings. The molecule has 2 N–H and O–H groups in total. The zero-order chi connectivity index (χ0) is 13.1. The molecule has 0 aliphatic carbocycles. The van der Waals surface area contributed by atoms with Gasteiger partial charge in [0, 0.05) is 19.6 Å². The van der Waals surface area contributed by atoms with Crippen molar-refractivity contribution in [1.29, 1.82) is 0 Å². The monoisotopic (exact) mass is 236 g/mol. The van der Waals surface area contributed by atoms with Crippen molar-refractivity contribution >= 4 is 5.69 Å². The Kier molecular flexibility index (Phi) is 4.40. The molecule has 0 aliphatic heterocycles. The van der Waals surface area contributed by atoms with E-state index in [1.54, 1.807) is 7.11 Å². The highest BCUT2D eigenvalue weighted by Crippen LogP contribution is 2.30. The zero-order valence-electron chi connectivity index (χ0n) is 11.5. The maximum Gasteiger partial charge on any atom is 0.142 e. The standard InChI is InChI=1S/C14H24N2O/c1-11(15)14(2,3)10-16(4)12-8-6-7-9-13(12)17-5/h6-9,11H,10,15H2,1-5H3. The largest absolute Gasteiger partial charge is 0.495 e. The second kappa shape index (κ2) is 5.41. The van der Waals surface area contributed by atoms with E-state index in [9.17, 15) is 0 Å². The molecular formula is C14H24N2O. The lowest BCUT2D eigenvalue weighted by molar-refractivity contribution is 0.307. The molecule has 3 heteroatoms. The van der Waals surface area contributed by atoms with Crippen LogP contribution in [-0.4, -0.2) is 26.7 Å². The van der Waals surface area contributed by atoms with Crippen LogP contribution >= 0.6 is 0 Å². The van der Waals surface area contributed by atoms with E-state index in [1.165, 1.54) is 0 Å². The first-order valence-corrected chi connectivity index (χ1v) is 5.98. The normalized spacial score (nSPS) is 13.3. The number of methoxy groups -OCH3 is 1. The molecule has 0 spiro atoms. The Bertz CT molecular complexity index is 361.